The summed E-state index contributed by atoms with van der Waals surface area (Å²) in [6.07, 6.45) is -0.632. The Kier molecular flexibility index (Phi) is 2.98. The van der Waals surface area contributed by atoms with Crippen molar-refractivity contribution in [2.24, 2.45) is 0 Å². The summed E-state index contributed by atoms with van der Waals surface area (Å²) in [4.78, 5) is 10.3. The zero-order valence-corrected chi connectivity index (χ0v) is 11.0. The van der Waals surface area contributed by atoms with Gasteiger partial charge in [-0.2, -0.15) is 0 Å². The summed E-state index contributed by atoms with van der Waals surface area (Å²) in [6, 6.07) is 9.30. The van der Waals surface area contributed by atoms with Crippen LogP contribution in [0.15, 0.2) is 40.8 Å². The van der Waals surface area contributed by atoms with E-state index in [0.717, 1.165) is 10.8 Å². The molecule has 0 radical (unpaired) electrons. The lowest BCUT2D eigenvalue weighted by molar-refractivity contribution is -0.115. The highest BCUT2D eigenvalue weighted by Gasteiger charge is 2.31. The second kappa shape index (κ2) is 4.56. The second-order valence-corrected chi connectivity index (χ2v) is 4.97. The van der Waals surface area contributed by atoms with Crippen molar-refractivity contribution in [3.05, 3.63) is 47.0 Å². The number of hydrogen-bond donors (Lipinski definition) is 0. The van der Waals surface area contributed by atoms with Crippen LogP contribution < -0.4 is 0 Å². The first-order chi connectivity index (χ1) is 9.51. The lowest BCUT2D eigenvalue weighted by atomic mass is 10.0. The summed E-state index contributed by atoms with van der Waals surface area (Å²) < 4.78 is 33.0. The monoisotopic (exact) mass is 294 g/mol. The van der Waals surface area contributed by atoms with Gasteiger partial charge in [0, 0.05) is 27.4 Å². The van der Waals surface area contributed by atoms with E-state index in [4.69, 9.17) is 16.0 Å². The molecule has 0 spiro atoms. The molecule has 1 aromatic heterocycles. The summed E-state index contributed by atoms with van der Waals surface area (Å²) in [5.74, 6) is -3.19. The minimum absolute atomic E-state index is 0.211. The molecule has 3 aromatic rings. The van der Waals surface area contributed by atoms with Gasteiger partial charge in [0.05, 0.1) is 6.42 Å². The lowest BCUT2D eigenvalue weighted by Crippen LogP contribution is -2.13. The number of carbonyl (C=O) groups excluding carboxylic acids is 1. The first-order valence-electron chi connectivity index (χ1n) is 5.95. The van der Waals surface area contributed by atoms with Crippen molar-refractivity contribution in [1.82, 2.24) is 0 Å². The van der Waals surface area contributed by atoms with Crippen LogP contribution in [-0.2, 0) is 10.7 Å². The van der Waals surface area contributed by atoms with Crippen LogP contribution in [-0.4, -0.2) is 6.29 Å². The molecule has 0 atom stereocenters. The molecular weight excluding hydrogens is 286 g/mol. The smallest absolute Gasteiger partial charge is 0.279 e. The highest BCUT2D eigenvalue weighted by Crippen LogP contribution is 2.36. The van der Waals surface area contributed by atoms with Gasteiger partial charge in [0.1, 0.15) is 17.5 Å². The van der Waals surface area contributed by atoms with Crippen LogP contribution in [0, 0.1) is 0 Å². The van der Waals surface area contributed by atoms with E-state index < -0.39 is 12.3 Å². The van der Waals surface area contributed by atoms with Crippen LogP contribution in [0.5, 0.6) is 0 Å². The first kappa shape index (κ1) is 13.1. The molecule has 2 aromatic carbocycles. The van der Waals surface area contributed by atoms with Gasteiger partial charge in [-0.05, 0) is 24.3 Å². The Morgan fingerprint density at radius 3 is 2.45 bits per heavy atom. The summed E-state index contributed by atoms with van der Waals surface area (Å²) in [5.41, 5.74) is 0.663. The van der Waals surface area contributed by atoms with Crippen LogP contribution in [0.25, 0.3) is 21.9 Å². The van der Waals surface area contributed by atoms with Crippen molar-refractivity contribution < 1.29 is 18.0 Å². The summed E-state index contributed by atoms with van der Waals surface area (Å²) in [5, 5.41) is 2.07. The number of halogens is 3. The van der Waals surface area contributed by atoms with Crippen molar-refractivity contribution in [2.45, 2.75) is 12.3 Å². The molecule has 0 saturated heterocycles. The highest BCUT2D eigenvalue weighted by atomic mass is 35.5. The third kappa shape index (κ3) is 2.06. The maximum Gasteiger partial charge on any atom is 0.279 e. The molecule has 0 aliphatic heterocycles. The molecule has 0 unspecified atom stereocenters. The fraction of sp³-hybridized carbons (Fsp3) is 0.133. The van der Waals surface area contributed by atoms with Crippen LogP contribution in [0.2, 0.25) is 5.02 Å². The Hall–Kier alpha value is -1.94. The van der Waals surface area contributed by atoms with Gasteiger partial charge in [-0.25, -0.2) is 8.78 Å². The third-order valence-corrected chi connectivity index (χ3v) is 3.43. The molecule has 1 heterocycles. The van der Waals surface area contributed by atoms with E-state index in [1.807, 2.05) is 0 Å². The predicted octanol–water partition coefficient (Wildman–Crippen LogP) is 4.92. The normalized spacial score (nSPS) is 12.2. The molecule has 5 heteroatoms. The van der Waals surface area contributed by atoms with Crippen molar-refractivity contribution in [1.29, 1.82) is 0 Å². The van der Waals surface area contributed by atoms with E-state index in [2.05, 4.69) is 0 Å². The number of rotatable bonds is 3. The number of furan rings is 1. The summed E-state index contributed by atoms with van der Waals surface area (Å²) in [6.45, 7) is 0. The standard InChI is InChI=1S/C15H9ClF2O2/c16-10-2-4-12-11-3-1-9(15(17,18)5-6-19)7-13(11)20-14(12)8-10/h1-4,6-8H,5H2. The molecule has 0 aliphatic carbocycles. The molecule has 20 heavy (non-hydrogen) atoms. The van der Waals surface area contributed by atoms with Gasteiger partial charge in [0.15, 0.2) is 0 Å². The van der Waals surface area contributed by atoms with Crippen molar-refractivity contribution in [3.8, 4) is 0 Å². The van der Waals surface area contributed by atoms with E-state index in [9.17, 15) is 13.6 Å². The quantitative estimate of drug-likeness (QED) is 0.642. The average molecular weight is 295 g/mol. The number of fused-ring (bicyclic) bond motifs is 3. The van der Waals surface area contributed by atoms with E-state index in [-0.39, 0.29) is 11.8 Å². The van der Waals surface area contributed by atoms with Gasteiger partial charge in [0.2, 0.25) is 0 Å². The summed E-state index contributed by atoms with van der Waals surface area (Å²) in [7, 11) is 0. The molecular formula is C15H9ClF2O2. The second-order valence-electron chi connectivity index (χ2n) is 4.53. The van der Waals surface area contributed by atoms with Crippen molar-refractivity contribution >= 4 is 39.8 Å². The van der Waals surface area contributed by atoms with Crippen LogP contribution in [0.3, 0.4) is 0 Å². The largest absolute Gasteiger partial charge is 0.456 e. The SMILES string of the molecule is O=CCC(F)(F)c1ccc2c(c1)oc1cc(Cl)ccc12. The zero-order chi connectivity index (χ0) is 14.3. The molecule has 2 nitrogen and oxygen atoms in total. The topological polar surface area (TPSA) is 30.2 Å². The van der Waals surface area contributed by atoms with Gasteiger partial charge in [-0.3, -0.25) is 0 Å². The minimum atomic E-state index is -3.19. The Morgan fingerprint density at radius 1 is 1.10 bits per heavy atom. The first-order valence-corrected chi connectivity index (χ1v) is 6.33. The lowest BCUT2D eigenvalue weighted by Gasteiger charge is -2.12. The maximum atomic E-state index is 13.7. The van der Waals surface area contributed by atoms with Gasteiger partial charge < -0.3 is 9.21 Å². The molecule has 0 bridgehead atoms. The predicted molar refractivity (Wildman–Crippen MR) is 73.3 cm³/mol. The van der Waals surface area contributed by atoms with E-state index >= 15 is 0 Å². The van der Waals surface area contributed by atoms with Crippen molar-refractivity contribution in [3.63, 3.8) is 0 Å². The molecule has 0 N–H and O–H groups in total. The van der Waals surface area contributed by atoms with Crippen LogP contribution in [0.4, 0.5) is 8.78 Å². The van der Waals surface area contributed by atoms with E-state index in [1.165, 1.54) is 12.1 Å². The maximum absolute atomic E-state index is 13.7. The minimum Gasteiger partial charge on any atom is -0.456 e. The number of aldehydes is 1. The van der Waals surface area contributed by atoms with Gasteiger partial charge in [-0.1, -0.05) is 17.7 Å². The molecule has 0 aliphatic rings. The van der Waals surface area contributed by atoms with E-state index in [1.54, 1.807) is 24.3 Å². The Bertz CT molecular complexity index is 808. The molecule has 0 saturated carbocycles. The Labute approximate surface area is 117 Å². The van der Waals surface area contributed by atoms with Crippen LogP contribution >= 0.6 is 11.6 Å². The molecule has 0 amide bonds. The average Bonchev–Trinajstić information content (AvgIpc) is 2.74. The van der Waals surface area contributed by atoms with Crippen LogP contribution in [0.1, 0.15) is 12.0 Å². The van der Waals surface area contributed by atoms with E-state index in [0.29, 0.717) is 16.2 Å². The fourth-order valence-corrected chi connectivity index (χ4v) is 2.36. The van der Waals surface area contributed by atoms with Gasteiger partial charge in [-0.15, -0.1) is 0 Å². The Balaban J connectivity index is 2.21. The fourth-order valence-electron chi connectivity index (χ4n) is 2.20. The molecule has 3 rings (SSSR count). The zero-order valence-electron chi connectivity index (χ0n) is 10.2. The third-order valence-electron chi connectivity index (χ3n) is 3.20. The molecule has 102 valence electrons. The number of carbonyl (C=O) groups is 1. The van der Waals surface area contributed by atoms with Gasteiger partial charge in [0.25, 0.3) is 5.92 Å². The molecule has 0 fully saturated rings. The highest BCUT2D eigenvalue weighted by molar-refractivity contribution is 6.31. The number of benzene rings is 2. The number of alkyl halides is 2. The summed E-state index contributed by atoms with van der Waals surface area (Å²) >= 11 is 5.87. The number of hydrogen-bond acceptors (Lipinski definition) is 2. The van der Waals surface area contributed by atoms with Gasteiger partial charge >= 0.3 is 0 Å². The van der Waals surface area contributed by atoms with Crippen molar-refractivity contribution in [2.75, 3.05) is 0 Å². The Morgan fingerprint density at radius 2 is 1.75 bits per heavy atom.